The first-order valence-electron chi connectivity index (χ1n) is 4.96. The molecule has 0 aromatic carbocycles. The van der Waals surface area contributed by atoms with E-state index >= 15 is 0 Å². The maximum atomic E-state index is 5.36. The Kier molecular flexibility index (Phi) is 2.16. The average molecular weight is 179 g/mol. The van der Waals surface area contributed by atoms with E-state index in [2.05, 4.69) is 25.2 Å². The summed E-state index contributed by atoms with van der Waals surface area (Å²) < 4.78 is 5.36. The molecule has 2 nitrogen and oxygen atoms in total. The van der Waals surface area contributed by atoms with E-state index in [1.807, 2.05) is 6.07 Å². The minimum absolute atomic E-state index is 0.271. The minimum Gasteiger partial charge on any atom is -0.469 e. The maximum absolute atomic E-state index is 5.36. The van der Waals surface area contributed by atoms with Crippen LogP contribution in [0, 0.1) is 5.92 Å². The first-order valence-corrected chi connectivity index (χ1v) is 4.96. The number of hydrogen-bond donors (Lipinski definition) is 1. The normalized spacial score (nSPS) is 26.5. The molecular weight excluding hydrogens is 162 g/mol. The predicted octanol–water partition coefficient (Wildman–Crippen LogP) is 2.21. The third-order valence-corrected chi connectivity index (χ3v) is 3.12. The van der Waals surface area contributed by atoms with Gasteiger partial charge in [0, 0.05) is 12.0 Å². The summed E-state index contributed by atoms with van der Waals surface area (Å²) in [5.41, 5.74) is 0.271. The second-order valence-electron chi connectivity index (χ2n) is 4.42. The first kappa shape index (κ1) is 8.82. The van der Waals surface area contributed by atoms with E-state index < -0.39 is 0 Å². The zero-order valence-electron chi connectivity index (χ0n) is 8.34. The SMILES string of the molecule is CC1(C)NCCC1Cc1ccco1. The molecule has 2 heteroatoms. The van der Waals surface area contributed by atoms with E-state index in [4.69, 9.17) is 4.42 Å². The molecule has 0 amide bonds. The molecule has 1 atom stereocenters. The van der Waals surface area contributed by atoms with Crippen LogP contribution in [0.15, 0.2) is 22.8 Å². The molecule has 0 spiro atoms. The minimum atomic E-state index is 0.271. The highest BCUT2D eigenvalue weighted by atomic mass is 16.3. The number of rotatable bonds is 2. The van der Waals surface area contributed by atoms with Crippen LogP contribution in [0.3, 0.4) is 0 Å². The third-order valence-electron chi connectivity index (χ3n) is 3.12. The van der Waals surface area contributed by atoms with Crippen LogP contribution in [0.4, 0.5) is 0 Å². The summed E-state index contributed by atoms with van der Waals surface area (Å²) in [5.74, 6) is 1.82. The van der Waals surface area contributed by atoms with Gasteiger partial charge in [-0.3, -0.25) is 0 Å². The summed E-state index contributed by atoms with van der Waals surface area (Å²) in [4.78, 5) is 0. The Morgan fingerprint density at radius 1 is 1.62 bits per heavy atom. The van der Waals surface area contributed by atoms with Crippen LogP contribution < -0.4 is 5.32 Å². The fraction of sp³-hybridized carbons (Fsp3) is 0.636. The van der Waals surface area contributed by atoms with Crippen molar-refractivity contribution in [1.82, 2.24) is 5.32 Å². The first-order chi connectivity index (χ1) is 6.18. The lowest BCUT2D eigenvalue weighted by molar-refractivity contribution is 0.314. The predicted molar refractivity (Wildman–Crippen MR) is 52.6 cm³/mol. The highest BCUT2D eigenvalue weighted by Gasteiger charge is 2.34. The molecule has 1 aliphatic heterocycles. The number of hydrogen-bond acceptors (Lipinski definition) is 2. The maximum Gasteiger partial charge on any atom is 0.104 e. The number of furan rings is 1. The standard InChI is InChI=1S/C11H17NO/c1-11(2)9(5-6-12-11)8-10-4-3-7-13-10/h3-4,7,9,12H,5-6,8H2,1-2H3. The molecule has 1 fully saturated rings. The summed E-state index contributed by atoms with van der Waals surface area (Å²) in [6.45, 7) is 5.68. The molecule has 1 N–H and O–H groups in total. The van der Waals surface area contributed by atoms with E-state index in [0.29, 0.717) is 5.92 Å². The molecule has 2 heterocycles. The lowest BCUT2D eigenvalue weighted by atomic mass is 9.86. The van der Waals surface area contributed by atoms with Crippen molar-refractivity contribution < 1.29 is 4.42 Å². The average Bonchev–Trinajstić information content (AvgIpc) is 2.63. The highest BCUT2D eigenvalue weighted by molar-refractivity contribution is 5.04. The molecule has 1 saturated heterocycles. The Hall–Kier alpha value is -0.760. The van der Waals surface area contributed by atoms with E-state index in [1.165, 1.54) is 6.42 Å². The summed E-state index contributed by atoms with van der Waals surface area (Å²) in [7, 11) is 0. The van der Waals surface area contributed by atoms with Crippen molar-refractivity contribution in [2.45, 2.75) is 32.2 Å². The molecule has 0 radical (unpaired) electrons. The molecule has 13 heavy (non-hydrogen) atoms. The quantitative estimate of drug-likeness (QED) is 0.753. The topological polar surface area (TPSA) is 25.2 Å². The van der Waals surface area contributed by atoms with Gasteiger partial charge in [-0.15, -0.1) is 0 Å². The second-order valence-corrected chi connectivity index (χ2v) is 4.42. The van der Waals surface area contributed by atoms with Crippen molar-refractivity contribution >= 4 is 0 Å². The van der Waals surface area contributed by atoms with Gasteiger partial charge in [-0.1, -0.05) is 0 Å². The largest absolute Gasteiger partial charge is 0.469 e. The van der Waals surface area contributed by atoms with Crippen LogP contribution in [0.25, 0.3) is 0 Å². The molecular formula is C11H17NO. The summed E-state index contributed by atoms with van der Waals surface area (Å²) in [6.07, 6.45) is 4.07. The Morgan fingerprint density at radius 3 is 3.00 bits per heavy atom. The van der Waals surface area contributed by atoms with Crippen molar-refractivity contribution in [3.05, 3.63) is 24.2 Å². The van der Waals surface area contributed by atoms with Crippen molar-refractivity contribution in [3.63, 3.8) is 0 Å². The van der Waals surface area contributed by atoms with Gasteiger partial charge in [-0.25, -0.2) is 0 Å². The summed E-state index contributed by atoms with van der Waals surface area (Å²) in [5, 5.41) is 3.52. The summed E-state index contributed by atoms with van der Waals surface area (Å²) >= 11 is 0. The monoisotopic (exact) mass is 179 g/mol. The Labute approximate surface area is 79.3 Å². The molecule has 1 aromatic heterocycles. The Morgan fingerprint density at radius 2 is 2.46 bits per heavy atom. The van der Waals surface area contributed by atoms with Crippen LogP contribution in [-0.2, 0) is 6.42 Å². The molecule has 0 bridgehead atoms. The lowest BCUT2D eigenvalue weighted by Gasteiger charge is -2.26. The van der Waals surface area contributed by atoms with Gasteiger partial charge < -0.3 is 9.73 Å². The molecule has 72 valence electrons. The van der Waals surface area contributed by atoms with E-state index in [1.54, 1.807) is 6.26 Å². The van der Waals surface area contributed by atoms with Gasteiger partial charge in [0.1, 0.15) is 5.76 Å². The Bertz CT molecular complexity index is 264. The van der Waals surface area contributed by atoms with Crippen molar-refractivity contribution in [1.29, 1.82) is 0 Å². The van der Waals surface area contributed by atoms with E-state index in [9.17, 15) is 0 Å². The van der Waals surface area contributed by atoms with E-state index in [-0.39, 0.29) is 5.54 Å². The van der Waals surface area contributed by atoms with Crippen LogP contribution >= 0.6 is 0 Å². The van der Waals surface area contributed by atoms with Crippen molar-refractivity contribution in [3.8, 4) is 0 Å². The van der Waals surface area contributed by atoms with Crippen LogP contribution in [0.1, 0.15) is 26.0 Å². The molecule has 1 aliphatic rings. The van der Waals surface area contributed by atoms with Gasteiger partial charge >= 0.3 is 0 Å². The fourth-order valence-electron chi connectivity index (χ4n) is 2.10. The second kappa shape index (κ2) is 3.18. The van der Waals surface area contributed by atoms with Gasteiger partial charge in [0.25, 0.3) is 0 Å². The lowest BCUT2D eigenvalue weighted by Crippen LogP contribution is -2.38. The molecule has 1 unspecified atom stereocenters. The third kappa shape index (κ3) is 1.78. The summed E-state index contributed by atoms with van der Waals surface area (Å²) in [6, 6.07) is 4.03. The molecule has 1 aromatic rings. The highest BCUT2D eigenvalue weighted by Crippen LogP contribution is 2.29. The van der Waals surface area contributed by atoms with Crippen LogP contribution in [-0.4, -0.2) is 12.1 Å². The molecule has 0 saturated carbocycles. The Balaban J connectivity index is 2.02. The van der Waals surface area contributed by atoms with Crippen molar-refractivity contribution in [2.75, 3.05) is 6.54 Å². The van der Waals surface area contributed by atoms with E-state index in [0.717, 1.165) is 18.7 Å². The zero-order chi connectivity index (χ0) is 9.31. The van der Waals surface area contributed by atoms with Gasteiger partial charge in [-0.05, 0) is 44.9 Å². The van der Waals surface area contributed by atoms with Crippen LogP contribution in [0.2, 0.25) is 0 Å². The van der Waals surface area contributed by atoms with Gasteiger partial charge in [0.2, 0.25) is 0 Å². The van der Waals surface area contributed by atoms with Gasteiger partial charge in [-0.2, -0.15) is 0 Å². The number of nitrogens with one attached hydrogen (secondary N) is 1. The molecule has 0 aliphatic carbocycles. The van der Waals surface area contributed by atoms with Gasteiger partial charge in [0.05, 0.1) is 6.26 Å². The van der Waals surface area contributed by atoms with Crippen LogP contribution in [0.5, 0.6) is 0 Å². The van der Waals surface area contributed by atoms with Crippen molar-refractivity contribution in [2.24, 2.45) is 5.92 Å². The smallest absolute Gasteiger partial charge is 0.104 e. The van der Waals surface area contributed by atoms with Gasteiger partial charge in [0.15, 0.2) is 0 Å². The zero-order valence-corrected chi connectivity index (χ0v) is 8.34. The fourth-order valence-corrected chi connectivity index (χ4v) is 2.10. The molecule has 2 rings (SSSR count).